The lowest BCUT2D eigenvalue weighted by molar-refractivity contribution is 0.101. The summed E-state index contributed by atoms with van der Waals surface area (Å²) in [6.07, 6.45) is 1.76. The highest BCUT2D eigenvalue weighted by atomic mass is 32.1. The van der Waals surface area contributed by atoms with Crippen molar-refractivity contribution in [1.82, 2.24) is 4.98 Å². The number of nitrogens with zero attached hydrogens (tertiary/aromatic N) is 1. The minimum absolute atomic E-state index is 0.0307. The van der Waals surface area contributed by atoms with E-state index >= 15 is 0 Å². The lowest BCUT2D eigenvalue weighted by atomic mass is 10.2. The van der Waals surface area contributed by atoms with Gasteiger partial charge in [0, 0.05) is 22.8 Å². The zero-order valence-corrected chi connectivity index (χ0v) is 13.3. The summed E-state index contributed by atoms with van der Waals surface area (Å²) in [6, 6.07) is 10.9. The van der Waals surface area contributed by atoms with Gasteiger partial charge in [0.1, 0.15) is 5.01 Å². The second-order valence-corrected chi connectivity index (χ2v) is 6.57. The fourth-order valence-corrected chi connectivity index (χ4v) is 3.35. The van der Waals surface area contributed by atoms with Crippen molar-refractivity contribution >= 4 is 40.1 Å². The first-order chi connectivity index (χ1) is 10.6. The highest BCUT2D eigenvalue weighted by molar-refractivity contribution is 7.16. The van der Waals surface area contributed by atoms with Crippen LogP contribution in [0, 0.1) is 0 Å². The molecule has 0 aliphatic rings. The number of ketones is 1. The van der Waals surface area contributed by atoms with Crippen LogP contribution in [0.25, 0.3) is 10.6 Å². The third-order valence-corrected chi connectivity index (χ3v) is 5.01. The summed E-state index contributed by atoms with van der Waals surface area (Å²) in [5, 5.41) is 5.70. The first kappa shape index (κ1) is 14.6. The number of anilines is 1. The molecule has 2 heterocycles. The summed E-state index contributed by atoms with van der Waals surface area (Å²) in [4.78, 5) is 28.8. The van der Waals surface area contributed by atoms with Crippen molar-refractivity contribution in [2.24, 2.45) is 0 Å². The topological polar surface area (TPSA) is 59.1 Å². The molecule has 1 aromatic carbocycles. The molecule has 0 unspecified atom stereocenters. The van der Waals surface area contributed by atoms with Gasteiger partial charge in [0.15, 0.2) is 5.78 Å². The molecule has 0 aliphatic heterocycles. The molecule has 3 aromatic rings. The van der Waals surface area contributed by atoms with Crippen LogP contribution in [-0.2, 0) is 0 Å². The number of hydrogen-bond donors (Lipinski definition) is 1. The van der Waals surface area contributed by atoms with Gasteiger partial charge in [-0.3, -0.25) is 9.59 Å². The lowest BCUT2D eigenvalue weighted by Gasteiger charge is -2.04. The molecule has 4 nitrogen and oxygen atoms in total. The Morgan fingerprint density at radius 3 is 2.36 bits per heavy atom. The number of thiazole rings is 1. The Bertz CT molecular complexity index is 805. The number of benzene rings is 1. The Hall–Kier alpha value is -2.31. The van der Waals surface area contributed by atoms with Crippen LogP contribution in [0.15, 0.2) is 48.0 Å². The van der Waals surface area contributed by atoms with E-state index in [4.69, 9.17) is 0 Å². The molecule has 0 saturated carbocycles. The maximum Gasteiger partial charge on any atom is 0.265 e. The quantitative estimate of drug-likeness (QED) is 0.725. The zero-order chi connectivity index (χ0) is 15.5. The van der Waals surface area contributed by atoms with Gasteiger partial charge in [-0.1, -0.05) is 0 Å². The van der Waals surface area contributed by atoms with Gasteiger partial charge in [-0.2, -0.15) is 0 Å². The number of aromatic nitrogens is 1. The number of Topliss-reactive ketones (excluding diaryl/α,β-unsaturated/α-hetero) is 1. The van der Waals surface area contributed by atoms with Crippen molar-refractivity contribution in [1.29, 1.82) is 0 Å². The highest BCUT2D eigenvalue weighted by Crippen LogP contribution is 2.24. The van der Waals surface area contributed by atoms with Crippen LogP contribution in [0.4, 0.5) is 5.69 Å². The molecule has 2 aromatic heterocycles. The smallest absolute Gasteiger partial charge is 0.265 e. The van der Waals surface area contributed by atoms with Crippen LogP contribution in [0.1, 0.15) is 26.3 Å². The third kappa shape index (κ3) is 3.13. The van der Waals surface area contributed by atoms with Crippen molar-refractivity contribution in [3.63, 3.8) is 0 Å². The van der Waals surface area contributed by atoms with Crippen molar-refractivity contribution in [2.45, 2.75) is 6.92 Å². The fraction of sp³-hybridized carbons (Fsp3) is 0.0625. The van der Waals surface area contributed by atoms with Gasteiger partial charge < -0.3 is 5.32 Å². The first-order valence-electron chi connectivity index (χ1n) is 6.55. The molecule has 0 spiro atoms. The summed E-state index contributed by atoms with van der Waals surface area (Å²) in [7, 11) is 0. The number of carbonyl (C=O) groups is 2. The van der Waals surface area contributed by atoms with E-state index in [9.17, 15) is 9.59 Å². The molecule has 1 amide bonds. The molecule has 0 bridgehead atoms. The van der Waals surface area contributed by atoms with Crippen LogP contribution < -0.4 is 5.32 Å². The van der Waals surface area contributed by atoms with Gasteiger partial charge in [0.05, 0.1) is 9.75 Å². The molecule has 0 radical (unpaired) electrons. The first-order valence-corrected chi connectivity index (χ1v) is 8.25. The molecule has 0 saturated heterocycles. The van der Waals surface area contributed by atoms with Crippen LogP contribution in [-0.4, -0.2) is 16.7 Å². The zero-order valence-electron chi connectivity index (χ0n) is 11.7. The van der Waals surface area contributed by atoms with E-state index in [1.165, 1.54) is 18.3 Å². The summed E-state index contributed by atoms with van der Waals surface area (Å²) < 4.78 is 0. The number of nitrogens with one attached hydrogen (secondary N) is 1. The molecular weight excluding hydrogens is 316 g/mol. The maximum atomic E-state index is 12.1. The normalized spacial score (nSPS) is 10.4. The Morgan fingerprint density at radius 2 is 1.77 bits per heavy atom. The molecule has 0 atom stereocenters. The highest BCUT2D eigenvalue weighted by Gasteiger charge is 2.11. The van der Waals surface area contributed by atoms with E-state index in [-0.39, 0.29) is 11.7 Å². The SMILES string of the molecule is CC(=O)c1ccc(C(=O)Nc2ccc(-c3nccs3)cc2)s1. The van der Waals surface area contributed by atoms with Gasteiger partial charge in [0.25, 0.3) is 5.91 Å². The summed E-state index contributed by atoms with van der Waals surface area (Å²) in [5.74, 6) is -0.239. The van der Waals surface area contributed by atoms with E-state index in [1.54, 1.807) is 29.7 Å². The van der Waals surface area contributed by atoms with E-state index in [1.807, 2.05) is 29.6 Å². The molecule has 1 N–H and O–H groups in total. The number of hydrogen-bond acceptors (Lipinski definition) is 5. The second-order valence-electron chi connectivity index (χ2n) is 4.59. The molecular formula is C16H12N2O2S2. The minimum atomic E-state index is -0.209. The second kappa shape index (κ2) is 6.21. The molecule has 110 valence electrons. The maximum absolute atomic E-state index is 12.1. The van der Waals surface area contributed by atoms with E-state index in [0.29, 0.717) is 15.4 Å². The molecule has 3 rings (SSSR count). The van der Waals surface area contributed by atoms with Gasteiger partial charge in [-0.25, -0.2) is 4.98 Å². The number of amides is 1. The van der Waals surface area contributed by atoms with Crippen molar-refractivity contribution < 1.29 is 9.59 Å². The Labute approximate surface area is 135 Å². The monoisotopic (exact) mass is 328 g/mol. The summed E-state index contributed by atoms with van der Waals surface area (Å²) in [6.45, 7) is 1.49. The molecule has 0 fully saturated rings. The Morgan fingerprint density at radius 1 is 1.05 bits per heavy atom. The standard InChI is InChI=1S/C16H12N2O2S2/c1-10(19)13-6-7-14(22-13)15(20)18-12-4-2-11(3-5-12)16-17-8-9-21-16/h2-9H,1H3,(H,18,20). The van der Waals surface area contributed by atoms with Crippen LogP contribution in [0.5, 0.6) is 0 Å². The Kier molecular flexibility index (Phi) is 4.13. The Balaban J connectivity index is 1.72. The van der Waals surface area contributed by atoms with Crippen molar-refractivity contribution in [2.75, 3.05) is 5.32 Å². The average molecular weight is 328 g/mol. The van der Waals surface area contributed by atoms with Gasteiger partial charge in [-0.15, -0.1) is 22.7 Å². The van der Waals surface area contributed by atoms with Crippen molar-refractivity contribution in [3.8, 4) is 10.6 Å². The molecule has 22 heavy (non-hydrogen) atoms. The summed E-state index contributed by atoms with van der Waals surface area (Å²) >= 11 is 2.77. The average Bonchev–Trinajstić information content (AvgIpc) is 3.20. The lowest BCUT2D eigenvalue weighted by Crippen LogP contribution is -2.09. The summed E-state index contributed by atoms with van der Waals surface area (Å²) in [5.41, 5.74) is 1.73. The van der Waals surface area contributed by atoms with E-state index in [0.717, 1.165) is 10.6 Å². The fourth-order valence-electron chi connectivity index (χ4n) is 1.90. The van der Waals surface area contributed by atoms with Crippen LogP contribution in [0.3, 0.4) is 0 Å². The minimum Gasteiger partial charge on any atom is -0.321 e. The van der Waals surface area contributed by atoms with Crippen molar-refractivity contribution in [3.05, 3.63) is 57.7 Å². The number of carbonyl (C=O) groups excluding carboxylic acids is 2. The van der Waals surface area contributed by atoms with Gasteiger partial charge in [-0.05, 0) is 43.3 Å². The van der Waals surface area contributed by atoms with E-state index < -0.39 is 0 Å². The van der Waals surface area contributed by atoms with Gasteiger partial charge in [0.2, 0.25) is 0 Å². The van der Waals surface area contributed by atoms with Crippen LogP contribution in [0.2, 0.25) is 0 Å². The predicted octanol–water partition coefficient (Wildman–Crippen LogP) is 4.33. The van der Waals surface area contributed by atoms with Crippen LogP contribution >= 0.6 is 22.7 Å². The van der Waals surface area contributed by atoms with E-state index in [2.05, 4.69) is 10.3 Å². The largest absolute Gasteiger partial charge is 0.321 e. The van der Waals surface area contributed by atoms with Gasteiger partial charge >= 0.3 is 0 Å². The molecule has 6 heteroatoms. The predicted molar refractivity (Wildman–Crippen MR) is 89.8 cm³/mol. The number of rotatable bonds is 4. The molecule has 0 aliphatic carbocycles. The number of thiophene rings is 1. The third-order valence-electron chi connectivity index (χ3n) is 3.00.